The summed E-state index contributed by atoms with van der Waals surface area (Å²) in [4.78, 5) is 3.49. The number of rotatable bonds is 2. The number of aliphatic hydroxyl groups excluding tert-OH is 1. The second kappa shape index (κ2) is 3.56. The van der Waals surface area contributed by atoms with Crippen molar-refractivity contribution in [3.63, 3.8) is 0 Å². The number of hydrogen-bond donors (Lipinski definition) is 1. The Labute approximate surface area is 43.2 Å². The van der Waals surface area contributed by atoms with Gasteiger partial charge in [0.1, 0.15) is 0 Å². The minimum Gasteiger partial charge on any atom is -0.390 e. The van der Waals surface area contributed by atoms with E-state index in [0.29, 0.717) is 5.70 Å². The average molecular weight is 99.1 g/mol. The summed E-state index contributed by atoms with van der Waals surface area (Å²) < 4.78 is 0. The average Bonchev–Trinajstić information content (AvgIpc) is 1.72. The molecule has 0 aliphatic carbocycles. The Morgan fingerprint density at radius 3 is 2.57 bits per heavy atom. The summed E-state index contributed by atoms with van der Waals surface area (Å²) in [5.74, 6) is 0. The fourth-order valence-electron chi connectivity index (χ4n) is 0.233. The van der Waals surface area contributed by atoms with Crippen molar-refractivity contribution in [1.29, 1.82) is 0 Å². The Morgan fingerprint density at radius 1 is 2.00 bits per heavy atom. The van der Waals surface area contributed by atoms with E-state index >= 15 is 0 Å². The monoisotopic (exact) mass is 99.1 g/mol. The fourth-order valence-corrected chi connectivity index (χ4v) is 0.233. The third-order valence-corrected chi connectivity index (χ3v) is 0.698. The minimum absolute atomic E-state index is 0.0139. The highest BCUT2D eigenvalue weighted by Crippen LogP contribution is 1.89. The van der Waals surface area contributed by atoms with Crippen molar-refractivity contribution in [2.75, 3.05) is 6.61 Å². The van der Waals surface area contributed by atoms with Crippen molar-refractivity contribution < 1.29 is 5.11 Å². The highest BCUT2D eigenvalue weighted by molar-refractivity contribution is 5.28. The molecule has 0 unspecified atom stereocenters. The van der Waals surface area contributed by atoms with E-state index in [1.807, 2.05) is 0 Å². The van der Waals surface area contributed by atoms with Crippen LogP contribution in [0.2, 0.25) is 0 Å². The van der Waals surface area contributed by atoms with Crippen LogP contribution in [0.3, 0.4) is 0 Å². The summed E-state index contributed by atoms with van der Waals surface area (Å²) in [5, 5.41) is 8.32. The van der Waals surface area contributed by atoms with Crippen molar-refractivity contribution in [3.8, 4) is 0 Å². The molecule has 7 heavy (non-hydrogen) atoms. The van der Waals surface area contributed by atoms with Crippen LogP contribution in [0, 0.1) is 0 Å². The number of allylic oxidation sites excluding steroid dienone is 1. The zero-order chi connectivity index (χ0) is 5.70. The first-order chi connectivity index (χ1) is 3.35. The second-order valence-electron chi connectivity index (χ2n) is 1.10. The first-order valence-electron chi connectivity index (χ1n) is 2.08. The molecule has 0 aromatic carbocycles. The predicted octanol–water partition coefficient (Wildman–Crippen LogP) is 0.583. The summed E-state index contributed by atoms with van der Waals surface area (Å²) >= 11 is 0. The van der Waals surface area contributed by atoms with E-state index in [4.69, 9.17) is 5.11 Å². The van der Waals surface area contributed by atoms with E-state index in [0.717, 1.165) is 0 Å². The molecule has 0 aromatic rings. The number of aliphatic imine (C=N–C) groups is 1. The number of nitrogens with zero attached hydrogens (tertiary/aromatic N) is 1. The molecule has 2 nitrogen and oxygen atoms in total. The fraction of sp³-hybridized carbons (Fsp3) is 0.400. The summed E-state index contributed by atoms with van der Waals surface area (Å²) in [6.07, 6.45) is 1.72. The third kappa shape index (κ3) is 2.11. The van der Waals surface area contributed by atoms with Crippen molar-refractivity contribution >= 4 is 6.72 Å². The summed E-state index contributed by atoms with van der Waals surface area (Å²) in [6, 6.07) is 0. The molecule has 0 fully saturated rings. The molecule has 1 N–H and O–H groups in total. The van der Waals surface area contributed by atoms with Gasteiger partial charge in [-0.25, -0.2) is 0 Å². The molecule has 40 valence electrons. The Bertz CT molecular complexity index is 86.1. The van der Waals surface area contributed by atoms with Crippen LogP contribution < -0.4 is 0 Å². The molecule has 0 atom stereocenters. The molecule has 0 amide bonds. The van der Waals surface area contributed by atoms with Gasteiger partial charge in [0.2, 0.25) is 0 Å². The van der Waals surface area contributed by atoms with Crippen LogP contribution in [0.1, 0.15) is 6.92 Å². The molecular formula is C5H9NO. The van der Waals surface area contributed by atoms with E-state index in [9.17, 15) is 0 Å². The summed E-state index contributed by atoms with van der Waals surface area (Å²) in [7, 11) is 0. The summed E-state index contributed by atoms with van der Waals surface area (Å²) in [5.41, 5.74) is 0.625. The SMILES string of the molecule is C=N/C(=C\C)CO. The topological polar surface area (TPSA) is 32.6 Å². The van der Waals surface area contributed by atoms with Crippen molar-refractivity contribution in [1.82, 2.24) is 0 Å². The Balaban J connectivity index is 3.60. The van der Waals surface area contributed by atoms with Crippen LogP contribution >= 0.6 is 0 Å². The Kier molecular flexibility index (Phi) is 3.24. The van der Waals surface area contributed by atoms with Gasteiger partial charge in [-0.1, -0.05) is 6.08 Å². The first kappa shape index (κ1) is 6.37. The van der Waals surface area contributed by atoms with E-state index in [1.54, 1.807) is 13.0 Å². The number of hydrogen-bond acceptors (Lipinski definition) is 2. The van der Waals surface area contributed by atoms with Crippen molar-refractivity contribution in [2.45, 2.75) is 6.92 Å². The van der Waals surface area contributed by atoms with Gasteiger partial charge >= 0.3 is 0 Å². The van der Waals surface area contributed by atoms with Crippen LogP contribution in [0.15, 0.2) is 16.8 Å². The molecule has 0 heterocycles. The molecule has 0 aliphatic heterocycles. The highest BCUT2D eigenvalue weighted by Gasteiger charge is 1.80. The van der Waals surface area contributed by atoms with Crippen LogP contribution in [-0.4, -0.2) is 18.4 Å². The molecule has 0 radical (unpaired) electrons. The van der Waals surface area contributed by atoms with Gasteiger partial charge in [0, 0.05) is 0 Å². The lowest BCUT2D eigenvalue weighted by Crippen LogP contribution is -1.82. The maximum Gasteiger partial charge on any atom is 0.0849 e. The molecule has 0 aromatic heterocycles. The van der Waals surface area contributed by atoms with E-state index in [1.165, 1.54) is 0 Å². The van der Waals surface area contributed by atoms with E-state index in [-0.39, 0.29) is 6.61 Å². The molecule has 0 rings (SSSR count). The zero-order valence-electron chi connectivity index (χ0n) is 4.39. The lowest BCUT2D eigenvalue weighted by Gasteiger charge is -1.87. The minimum atomic E-state index is -0.0139. The van der Waals surface area contributed by atoms with E-state index < -0.39 is 0 Å². The van der Waals surface area contributed by atoms with Crippen LogP contribution in [0.4, 0.5) is 0 Å². The molecule has 2 heteroatoms. The standard InChI is InChI=1S/C5H9NO/c1-3-5(4-7)6-2/h3,7H,2,4H2,1H3/b5-3-. The van der Waals surface area contributed by atoms with Crippen LogP contribution in [0.5, 0.6) is 0 Å². The predicted molar refractivity (Wildman–Crippen MR) is 30.4 cm³/mol. The van der Waals surface area contributed by atoms with Gasteiger partial charge in [0.25, 0.3) is 0 Å². The van der Waals surface area contributed by atoms with Gasteiger partial charge in [0.15, 0.2) is 0 Å². The second-order valence-corrected chi connectivity index (χ2v) is 1.10. The normalized spacial score (nSPS) is 11.4. The third-order valence-electron chi connectivity index (χ3n) is 0.698. The molecule has 0 saturated heterocycles. The Hall–Kier alpha value is -0.630. The van der Waals surface area contributed by atoms with E-state index in [2.05, 4.69) is 11.7 Å². The lowest BCUT2D eigenvalue weighted by molar-refractivity contribution is 0.330. The molecule has 0 saturated carbocycles. The van der Waals surface area contributed by atoms with Crippen LogP contribution in [0.25, 0.3) is 0 Å². The van der Waals surface area contributed by atoms with Crippen molar-refractivity contribution in [3.05, 3.63) is 11.8 Å². The summed E-state index contributed by atoms with van der Waals surface area (Å²) in [6.45, 7) is 5.02. The van der Waals surface area contributed by atoms with Gasteiger partial charge in [-0.05, 0) is 13.6 Å². The molecule has 0 bridgehead atoms. The van der Waals surface area contributed by atoms with Gasteiger partial charge in [-0.2, -0.15) is 0 Å². The highest BCUT2D eigenvalue weighted by atomic mass is 16.3. The van der Waals surface area contributed by atoms with Gasteiger partial charge in [-0.15, -0.1) is 0 Å². The first-order valence-corrected chi connectivity index (χ1v) is 2.08. The van der Waals surface area contributed by atoms with Crippen molar-refractivity contribution in [2.24, 2.45) is 4.99 Å². The van der Waals surface area contributed by atoms with Gasteiger partial charge in [0.05, 0.1) is 12.3 Å². The molecule has 0 spiro atoms. The number of aliphatic hydroxyl groups is 1. The molecule has 0 aliphatic rings. The lowest BCUT2D eigenvalue weighted by atomic mass is 10.4. The largest absolute Gasteiger partial charge is 0.390 e. The zero-order valence-corrected chi connectivity index (χ0v) is 4.39. The van der Waals surface area contributed by atoms with Crippen LogP contribution in [-0.2, 0) is 0 Å². The van der Waals surface area contributed by atoms with Gasteiger partial charge < -0.3 is 5.11 Å². The maximum absolute atomic E-state index is 8.32. The molecular weight excluding hydrogens is 90.1 g/mol. The quantitative estimate of drug-likeness (QED) is 0.505. The van der Waals surface area contributed by atoms with Gasteiger partial charge in [-0.3, -0.25) is 4.99 Å². The maximum atomic E-state index is 8.32. The smallest absolute Gasteiger partial charge is 0.0849 e. The Morgan fingerprint density at radius 2 is 2.57 bits per heavy atom.